The molecule has 1 N–H and O–H groups in total. The highest BCUT2D eigenvalue weighted by molar-refractivity contribution is 5.93. The number of methoxy groups -OCH3 is 2. The highest BCUT2D eigenvalue weighted by Gasteiger charge is 2.16. The standard InChI is InChI=1S/C19H26N4O3/c1-5-9-23(10-6-2)19(24)15-12-18(21-13-20-15)22-14-7-8-16(25-3)17(11-14)26-4/h7-8,11-13H,5-6,9-10H2,1-4H3,(H,20,21,22). The maximum absolute atomic E-state index is 12.7. The molecule has 0 fully saturated rings. The molecule has 0 saturated carbocycles. The van der Waals surface area contributed by atoms with E-state index in [0.29, 0.717) is 23.0 Å². The average Bonchev–Trinajstić information content (AvgIpc) is 2.67. The molecule has 1 aromatic heterocycles. The van der Waals surface area contributed by atoms with E-state index in [4.69, 9.17) is 9.47 Å². The predicted molar refractivity (Wildman–Crippen MR) is 101 cm³/mol. The minimum atomic E-state index is -0.0774. The van der Waals surface area contributed by atoms with Crippen molar-refractivity contribution in [3.05, 3.63) is 36.3 Å². The maximum Gasteiger partial charge on any atom is 0.272 e. The molecule has 0 aliphatic carbocycles. The first kappa shape index (κ1) is 19.5. The van der Waals surface area contributed by atoms with E-state index in [1.165, 1.54) is 6.33 Å². The van der Waals surface area contributed by atoms with Gasteiger partial charge in [0.15, 0.2) is 11.5 Å². The maximum atomic E-state index is 12.7. The van der Waals surface area contributed by atoms with Crippen LogP contribution in [0.15, 0.2) is 30.6 Å². The molecule has 0 radical (unpaired) electrons. The van der Waals surface area contributed by atoms with Crippen molar-refractivity contribution in [1.29, 1.82) is 0 Å². The van der Waals surface area contributed by atoms with E-state index in [1.54, 1.807) is 26.4 Å². The van der Waals surface area contributed by atoms with Crippen molar-refractivity contribution in [2.45, 2.75) is 26.7 Å². The first-order valence-corrected chi connectivity index (χ1v) is 8.73. The molecule has 2 aromatic rings. The van der Waals surface area contributed by atoms with Gasteiger partial charge in [-0.25, -0.2) is 9.97 Å². The van der Waals surface area contributed by atoms with Crippen molar-refractivity contribution < 1.29 is 14.3 Å². The molecular weight excluding hydrogens is 332 g/mol. The van der Waals surface area contributed by atoms with Crippen LogP contribution >= 0.6 is 0 Å². The van der Waals surface area contributed by atoms with Gasteiger partial charge in [0.25, 0.3) is 5.91 Å². The van der Waals surface area contributed by atoms with Gasteiger partial charge in [0, 0.05) is 30.9 Å². The third-order valence-electron chi connectivity index (χ3n) is 3.82. The van der Waals surface area contributed by atoms with Crippen LogP contribution < -0.4 is 14.8 Å². The van der Waals surface area contributed by atoms with Crippen LogP contribution in [0, 0.1) is 0 Å². The number of nitrogens with one attached hydrogen (secondary N) is 1. The smallest absolute Gasteiger partial charge is 0.272 e. The average molecular weight is 358 g/mol. The van der Waals surface area contributed by atoms with Crippen molar-refractivity contribution >= 4 is 17.4 Å². The van der Waals surface area contributed by atoms with Crippen molar-refractivity contribution in [2.24, 2.45) is 0 Å². The van der Waals surface area contributed by atoms with Crippen molar-refractivity contribution in [3.63, 3.8) is 0 Å². The third kappa shape index (κ3) is 4.84. The monoisotopic (exact) mass is 358 g/mol. The first-order valence-electron chi connectivity index (χ1n) is 8.73. The molecule has 1 heterocycles. The summed E-state index contributed by atoms with van der Waals surface area (Å²) >= 11 is 0. The Morgan fingerprint density at radius 3 is 2.35 bits per heavy atom. The Balaban J connectivity index is 2.19. The SMILES string of the molecule is CCCN(CCC)C(=O)c1cc(Nc2ccc(OC)c(OC)c2)ncn1. The minimum absolute atomic E-state index is 0.0774. The molecule has 1 aromatic carbocycles. The number of amides is 1. The van der Waals surface area contributed by atoms with Crippen LogP contribution in [-0.2, 0) is 0 Å². The van der Waals surface area contributed by atoms with Crippen LogP contribution in [0.5, 0.6) is 11.5 Å². The van der Waals surface area contributed by atoms with Crippen LogP contribution in [-0.4, -0.2) is 48.1 Å². The topological polar surface area (TPSA) is 76.6 Å². The molecule has 2 rings (SSSR count). The number of hydrogen-bond donors (Lipinski definition) is 1. The fourth-order valence-electron chi connectivity index (χ4n) is 2.62. The zero-order valence-corrected chi connectivity index (χ0v) is 15.8. The molecule has 0 aliphatic rings. The highest BCUT2D eigenvalue weighted by atomic mass is 16.5. The fourth-order valence-corrected chi connectivity index (χ4v) is 2.62. The van der Waals surface area contributed by atoms with E-state index in [0.717, 1.165) is 31.6 Å². The normalized spacial score (nSPS) is 10.3. The van der Waals surface area contributed by atoms with Crippen LogP contribution in [0.3, 0.4) is 0 Å². The predicted octanol–water partition coefficient (Wildman–Crippen LogP) is 3.50. The van der Waals surface area contributed by atoms with Gasteiger partial charge in [-0.1, -0.05) is 13.8 Å². The Kier molecular flexibility index (Phi) is 7.20. The summed E-state index contributed by atoms with van der Waals surface area (Å²) in [4.78, 5) is 22.8. The summed E-state index contributed by atoms with van der Waals surface area (Å²) in [5, 5.41) is 3.17. The van der Waals surface area contributed by atoms with Gasteiger partial charge in [-0.05, 0) is 25.0 Å². The molecule has 7 nitrogen and oxygen atoms in total. The number of carbonyl (C=O) groups excluding carboxylic acids is 1. The number of nitrogens with zero attached hydrogens (tertiary/aromatic N) is 3. The first-order chi connectivity index (χ1) is 12.6. The van der Waals surface area contributed by atoms with Gasteiger partial charge in [0.2, 0.25) is 0 Å². The van der Waals surface area contributed by atoms with E-state index in [-0.39, 0.29) is 5.91 Å². The quantitative estimate of drug-likeness (QED) is 0.739. The van der Waals surface area contributed by atoms with E-state index in [2.05, 4.69) is 29.1 Å². The molecule has 140 valence electrons. The lowest BCUT2D eigenvalue weighted by molar-refractivity contribution is 0.0749. The minimum Gasteiger partial charge on any atom is -0.493 e. The summed E-state index contributed by atoms with van der Waals surface area (Å²) in [6, 6.07) is 7.13. The zero-order valence-electron chi connectivity index (χ0n) is 15.8. The second-order valence-electron chi connectivity index (χ2n) is 5.78. The van der Waals surface area contributed by atoms with Crippen LogP contribution in [0.2, 0.25) is 0 Å². The van der Waals surface area contributed by atoms with Crippen LogP contribution in [0.25, 0.3) is 0 Å². The number of anilines is 2. The molecule has 0 aliphatic heterocycles. The summed E-state index contributed by atoms with van der Waals surface area (Å²) in [5.74, 6) is 1.72. The van der Waals surface area contributed by atoms with Gasteiger partial charge in [0.05, 0.1) is 14.2 Å². The largest absolute Gasteiger partial charge is 0.493 e. The van der Waals surface area contributed by atoms with Gasteiger partial charge in [-0.3, -0.25) is 4.79 Å². The van der Waals surface area contributed by atoms with E-state index >= 15 is 0 Å². The molecule has 26 heavy (non-hydrogen) atoms. The molecule has 0 saturated heterocycles. The Hall–Kier alpha value is -2.83. The molecule has 0 atom stereocenters. The van der Waals surface area contributed by atoms with Crippen molar-refractivity contribution in [3.8, 4) is 11.5 Å². The third-order valence-corrected chi connectivity index (χ3v) is 3.82. The highest BCUT2D eigenvalue weighted by Crippen LogP contribution is 2.30. The van der Waals surface area contributed by atoms with E-state index in [9.17, 15) is 4.79 Å². The molecular formula is C19H26N4O3. The molecule has 0 bridgehead atoms. The van der Waals surface area contributed by atoms with Crippen LogP contribution in [0.1, 0.15) is 37.2 Å². The zero-order chi connectivity index (χ0) is 18.9. The van der Waals surface area contributed by atoms with Gasteiger partial charge >= 0.3 is 0 Å². The van der Waals surface area contributed by atoms with Crippen LogP contribution in [0.4, 0.5) is 11.5 Å². The summed E-state index contributed by atoms with van der Waals surface area (Å²) < 4.78 is 10.5. The van der Waals surface area contributed by atoms with Crippen molar-refractivity contribution in [1.82, 2.24) is 14.9 Å². The summed E-state index contributed by atoms with van der Waals surface area (Å²) in [6.07, 6.45) is 3.22. The van der Waals surface area contributed by atoms with Gasteiger partial charge in [0.1, 0.15) is 17.8 Å². The number of rotatable bonds is 9. The second-order valence-corrected chi connectivity index (χ2v) is 5.78. The second kappa shape index (κ2) is 9.60. The summed E-state index contributed by atoms with van der Waals surface area (Å²) in [7, 11) is 3.17. The van der Waals surface area contributed by atoms with E-state index < -0.39 is 0 Å². The van der Waals surface area contributed by atoms with E-state index in [1.807, 2.05) is 17.0 Å². The van der Waals surface area contributed by atoms with Gasteiger partial charge < -0.3 is 19.7 Å². The Morgan fingerprint density at radius 2 is 1.73 bits per heavy atom. The molecule has 7 heteroatoms. The van der Waals surface area contributed by atoms with Gasteiger partial charge in [-0.15, -0.1) is 0 Å². The Labute approximate surface area is 154 Å². The number of hydrogen-bond acceptors (Lipinski definition) is 6. The Morgan fingerprint density at radius 1 is 1.04 bits per heavy atom. The van der Waals surface area contributed by atoms with Gasteiger partial charge in [-0.2, -0.15) is 0 Å². The molecule has 0 unspecified atom stereocenters. The lowest BCUT2D eigenvalue weighted by Gasteiger charge is -2.21. The number of ether oxygens (including phenoxy) is 2. The number of carbonyl (C=O) groups is 1. The number of benzene rings is 1. The summed E-state index contributed by atoms with van der Waals surface area (Å²) in [6.45, 7) is 5.55. The fraction of sp³-hybridized carbons (Fsp3) is 0.421. The lowest BCUT2D eigenvalue weighted by Crippen LogP contribution is -2.33. The number of aromatic nitrogens is 2. The Bertz CT molecular complexity index is 730. The molecule has 1 amide bonds. The lowest BCUT2D eigenvalue weighted by atomic mass is 10.2. The molecule has 0 spiro atoms. The van der Waals surface area contributed by atoms with Crippen molar-refractivity contribution in [2.75, 3.05) is 32.6 Å². The summed E-state index contributed by atoms with van der Waals surface area (Å²) in [5.41, 5.74) is 1.16.